The van der Waals surface area contributed by atoms with Crippen LogP contribution in [-0.4, -0.2) is 43.2 Å². The minimum Gasteiger partial charge on any atom is -0.357 e. The first-order valence-electron chi connectivity index (χ1n) is 7.64. The molecule has 1 aliphatic heterocycles. The Morgan fingerprint density at radius 3 is 3.10 bits per heavy atom. The second kappa shape index (κ2) is 7.81. The van der Waals surface area contributed by atoms with Gasteiger partial charge in [-0.05, 0) is 31.9 Å². The first-order chi connectivity index (χ1) is 10.2. The van der Waals surface area contributed by atoms with Crippen LogP contribution in [0.15, 0.2) is 23.3 Å². The van der Waals surface area contributed by atoms with E-state index in [4.69, 9.17) is 0 Å². The largest absolute Gasteiger partial charge is 0.357 e. The quantitative estimate of drug-likeness (QED) is 0.642. The van der Waals surface area contributed by atoms with Crippen LogP contribution < -0.4 is 15.5 Å². The van der Waals surface area contributed by atoms with Crippen LogP contribution >= 0.6 is 0 Å². The zero-order chi connectivity index (χ0) is 15.1. The lowest BCUT2D eigenvalue weighted by Crippen LogP contribution is -2.44. The molecule has 0 aliphatic carbocycles. The number of halogens is 1. The number of hydrogen-bond donors (Lipinski definition) is 2. The highest BCUT2D eigenvalue weighted by Crippen LogP contribution is 2.20. The third kappa shape index (κ3) is 4.31. The second-order valence-electron chi connectivity index (χ2n) is 5.15. The fourth-order valence-corrected chi connectivity index (χ4v) is 2.42. The summed E-state index contributed by atoms with van der Waals surface area (Å²) in [5.41, 5.74) is 0. The van der Waals surface area contributed by atoms with Gasteiger partial charge < -0.3 is 15.5 Å². The normalized spacial score (nSPS) is 18.9. The Bertz CT molecular complexity index is 477. The molecule has 0 saturated carbocycles. The highest BCUT2D eigenvalue weighted by atomic mass is 19.1. The summed E-state index contributed by atoms with van der Waals surface area (Å²) in [4.78, 5) is 10.6. The molecule has 2 N–H and O–H groups in total. The molecule has 5 nitrogen and oxygen atoms in total. The van der Waals surface area contributed by atoms with Crippen molar-refractivity contribution < 1.29 is 4.39 Å². The monoisotopic (exact) mass is 293 g/mol. The Morgan fingerprint density at radius 2 is 2.38 bits per heavy atom. The Morgan fingerprint density at radius 1 is 1.52 bits per heavy atom. The van der Waals surface area contributed by atoms with Crippen molar-refractivity contribution in [3.8, 4) is 0 Å². The average molecular weight is 293 g/mol. The molecule has 6 heteroatoms. The highest BCUT2D eigenvalue weighted by molar-refractivity contribution is 5.80. The van der Waals surface area contributed by atoms with Crippen LogP contribution in [0.2, 0.25) is 0 Å². The molecule has 1 saturated heterocycles. The summed E-state index contributed by atoms with van der Waals surface area (Å²) in [6, 6.07) is 3.34. The fraction of sp³-hybridized carbons (Fsp3) is 0.600. The third-order valence-electron chi connectivity index (χ3n) is 3.41. The van der Waals surface area contributed by atoms with Crippen molar-refractivity contribution in [2.45, 2.75) is 32.7 Å². The van der Waals surface area contributed by atoms with Crippen molar-refractivity contribution in [1.82, 2.24) is 15.6 Å². The SMILES string of the molecule is CCCN=C(NCC)NC1CCN(c2ncccc2F)C1. The van der Waals surface area contributed by atoms with Gasteiger partial charge in [0.25, 0.3) is 0 Å². The minimum atomic E-state index is -0.260. The van der Waals surface area contributed by atoms with Gasteiger partial charge in [0.2, 0.25) is 0 Å². The summed E-state index contributed by atoms with van der Waals surface area (Å²) in [6.45, 7) is 7.34. The highest BCUT2D eigenvalue weighted by Gasteiger charge is 2.25. The molecule has 2 rings (SSSR count). The number of aliphatic imine (C=N–C) groups is 1. The van der Waals surface area contributed by atoms with Crippen LogP contribution in [0.5, 0.6) is 0 Å². The second-order valence-corrected chi connectivity index (χ2v) is 5.15. The molecule has 2 heterocycles. The maximum absolute atomic E-state index is 13.8. The van der Waals surface area contributed by atoms with Gasteiger partial charge in [0, 0.05) is 38.4 Å². The van der Waals surface area contributed by atoms with Gasteiger partial charge in [0.1, 0.15) is 0 Å². The van der Waals surface area contributed by atoms with E-state index in [1.165, 1.54) is 6.07 Å². The van der Waals surface area contributed by atoms with Gasteiger partial charge in [-0.15, -0.1) is 0 Å². The van der Waals surface area contributed by atoms with Gasteiger partial charge in [-0.25, -0.2) is 9.37 Å². The van der Waals surface area contributed by atoms with Gasteiger partial charge in [-0.2, -0.15) is 0 Å². The fourth-order valence-electron chi connectivity index (χ4n) is 2.42. The molecule has 116 valence electrons. The van der Waals surface area contributed by atoms with Crippen LogP contribution in [0.25, 0.3) is 0 Å². The number of nitrogens with one attached hydrogen (secondary N) is 2. The predicted octanol–water partition coefficient (Wildman–Crippen LogP) is 1.76. The standard InChI is InChI=1S/C15H24FN5/c1-3-8-19-15(17-4-2)20-12-7-10-21(11-12)14-13(16)6-5-9-18-14/h5-6,9,12H,3-4,7-8,10-11H2,1-2H3,(H2,17,19,20). The van der Waals surface area contributed by atoms with E-state index < -0.39 is 0 Å². The molecule has 0 radical (unpaired) electrons. The maximum atomic E-state index is 13.8. The third-order valence-corrected chi connectivity index (χ3v) is 3.41. The van der Waals surface area contributed by atoms with Gasteiger partial charge in [-0.3, -0.25) is 4.99 Å². The number of hydrogen-bond acceptors (Lipinski definition) is 3. The van der Waals surface area contributed by atoms with Crippen LogP contribution in [0.4, 0.5) is 10.2 Å². The van der Waals surface area contributed by atoms with Crippen molar-refractivity contribution in [2.24, 2.45) is 4.99 Å². The molecule has 0 aromatic carbocycles. The summed E-state index contributed by atoms with van der Waals surface area (Å²) >= 11 is 0. The molecular weight excluding hydrogens is 269 g/mol. The molecule has 21 heavy (non-hydrogen) atoms. The molecule has 1 atom stereocenters. The molecule has 0 amide bonds. The lowest BCUT2D eigenvalue weighted by Gasteiger charge is -2.19. The van der Waals surface area contributed by atoms with E-state index >= 15 is 0 Å². The lowest BCUT2D eigenvalue weighted by molar-refractivity contribution is 0.612. The number of guanidine groups is 1. The van der Waals surface area contributed by atoms with Crippen molar-refractivity contribution >= 4 is 11.8 Å². The Hall–Kier alpha value is -1.85. The summed E-state index contributed by atoms with van der Waals surface area (Å²) in [5, 5.41) is 6.66. The number of pyridine rings is 1. The van der Waals surface area contributed by atoms with E-state index in [-0.39, 0.29) is 11.9 Å². The topological polar surface area (TPSA) is 52.6 Å². The summed E-state index contributed by atoms with van der Waals surface area (Å²) in [6.07, 6.45) is 3.60. The number of aromatic nitrogens is 1. The van der Waals surface area contributed by atoms with Gasteiger partial charge >= 0.3 is 0 Å². The first-order valence-corrected chi connectivity index (χ1v) is 7.64. The van der Waals surface area contributed by atoms with E-state index in [1.807, 2.05) is 11.8 Å². The van der Waals surface area contributed by atoms with Crippen molar-refractivity contribution in [3.05, 3.63) is 24.1 Å². The molecule has 0 bridgehead atoms. The van der Waals surface area contributed by atoms with Gasteiger partial charge in [0.15, 0.2) is 17.6 Å². The Labute approximate surface area is 125 Å². The average Bonchev–Trinajstić information content (AvgIpc) is 2.94. The van der Waals surface area contributed by atoms with Gasteiger partial charge in [-0.1, -0.05) is 6.92 Å². The zero-order valence-corrected chi connectivity index (χ0v) is 12.8. The molecule has 0 spiro atoms. The molecule has 1 unspecified atom stereocenters. The minimum absolute atomic E-state index is 0.260. The number of anilines is 1. The van der Waals surface area contributed by atoms with Gasteiger partial charge in [0.05, 0.1) is 0 Å². The molecule has 1 aliphatic rings. The Kier molecular flexibility index (Phi) is 5.78. The molecule has 1 aromatic heterocycles. The van der Waals surface area contributed by atoms with Crippen molar-refractivity contribution in [3.63, 3.8) is 0 Å². The van der Waals surface area contributed by atoms with Crippen LogP contribution in [0.3, 0.4) is 0 Å². The van der Waals surface area contributed by atoms with E-state index in [2.05, 4.69) is 27.5 Å². The lowest BCUT2D eigenvalue weighted by atomic mass is 10.3. The zero-order valence-electron chi connectivity index (χ0n) is 12.8. The van der Waals surface area contributed by atoms with Crippen LogP contribution in [0.1, 0.15) is 26.7 Å². The first kappa shape index (κ1) is 15.5. The smallest absolute Gasteiger partial charge is 0.191 e. The van der Waals surface area contributed by atoms with Crippen LogP contribution in [-0.2, 0) is 0 Å². The van der Waals surface area contributed by atoms with Crippen LogP contribution in [0, 0.1) is 5.82 Å². The number of nitrogens with zero attached hydrogens (tertiary/aromatic N) is 3. The molecule has 1 aromatic rings. The van der Waals surface area contributed by atoms with Crippen molar-refractivity contribution in [2.75, 3.05) is 31.1 Å². The Balaban J connectivity index is 1.94. The molecular formula is C15H24FN5. The summed E-state index contributed by atoms with van der Waals surface area (Å²) < 4.78 is 13.8. The predicted molar refractivity (Wildman–Crippen MR) is 84.2 cm³/mol. The van der Waals surface area contributed by atoms with E-state index in [9.17, 15) is 4.39 Å². The van der Waals surface area contributed by atoms with Crippen molar-refractivity contribution in [1.29, 1.82) is 0 Å². The maximum Gasteiger partial charge on any atom is 0.191 e. The summed E-state index contributed by atoms with van der Waals surface area (Å²) in [7, 11) is 0. The number of rotatable bonds is 5. The van der Waals surface area contributed by atoms with E-state index in [0.717, 1.165) is 45.0 Å². The molecule has 1 fully saturated rings. The van der Waals surface area contributed by atoms with E-state index in [0.29, 0.717) is 5.82 Å². The van der Waals surface area contributed by atoms with E-state index in [1.54, 1.807) is 12.3 Å². The summed E-state index contributed by atoms with van der Waals surface area (Å²) in [5.74, 6) is 1.02.